The molecule has 4 heteroatoms. The van der Waals surface area contributed by atoms with Crippen molar-refractivity contribution in [2.75, 3.05) is 12.4 Å². The average molecular weight is 259 g/mol. The third-order valence-electron chi connectivity index (χ3n) is 2.99. The van der Waals surface area contributed by atoms with E-state index in [1.165, 1.54) is 19.4 Å². The zero-order valence-corrected chi connectivity index (χ0v) is 11.3. The molecular formula is C15H17NO3. The van der Waals surface area contributed by atoms with Gasteiger partial charge in [-0.15, -0.1) is 0 Å². The molecule has 2 rings (SSSR count). The monoisotopic (exact) mass is 259 g/mol. The van der Waals surface area contributed by atoms with Gasteiger partial charge in [0.05, 0.1) is 13.7 Å². The summed E-state index contributed by atoms with van der Waals surface area (Å²) < 4.78 is 10.2. The van der Waals surface area contributed by atoms with E-state index in [4.69, 9.17) is 9.15 Å². The van der Waals surface area contributed by atoms with Crippen LogP contribution >= 0.6 is 0 Å². The Kier molecular flexibility index (Phi) is 3.90. The van der Waals surface area contributed by atoms with Crippen molar-refractivity contribution in [3.63, 3.8) is 0 Å². The number of methoxy groups -OCH3 is 1. The normalized spacial score (nSPS) is 10.3. The Morgan fingerprint density at radius 1 is 1.26 bits per heavy atom. The summed E-state index contributed by atoms with van der Waals surface area (Å²) in [5.41, 5.74) is 3.22. The van der Waals surface area contributed by atoms with Gasteiger partial charge in [0.15, 0.2) is 0 Å². The SMILES string of the molecule is COc1coc(CNc2c(C)cccc2C)cc1=O. The first-order chi connectivity index (χ1) is 9.11. The van der Waals surface area contributed by atoms with Crippen molar-refractivity contribution in [2.24, 2.45) is 0 Å². The van der Waals surface area contributed by atoms with Crippen LogP contribution in [-0.4, -0.2) is 7.11 Å². The molecule has 0 spiro atoms. The standard InChI is InChI=1S/C15H17NO3/c1-10-5-4-6-11(2)15(10)16-8-12-7-13(17)14(18-3)9-19-12/h4-7,9,16H,8H2,1-3H3. The molecule has 2 aromatic rings. The number of para-hydroxylation sites is 1. The first kappa shape index (κ1) is 13.2. The second-order valence-electron chi connectivity index (χ2n) is 4.40. The molecule has 0 atom stereocenters. The molecule has 0 radical (unpaired) electrons. The number of anilines is 1. The van der Waals surface area contributed by atoms with E-state index in [2.05, 4.69) is 5.32 Å². The first-order valence-corrected chi connectivity index (χ1v) is 6.07. The van der Waals surface area contributed by atoms with E-state index in [-0.39, 0.29) is 11.2 Å². The van der Waals surface area contributed by atoms with Crippen LogP contribution in [0.3, 0.4) is 0 Å². The van der Waals surface area contributed by atoms with Crippen molar-refractivity contribution in [2.45, 2.75) is 20.4 Å². The highest BCUT2D eigenvalue weighted by Crippen LogP contribution is 2.20. The van der Waals surface area contributed by atoms with E-state index in [9.17, 15) is 4.79 Å². The van der Waals surface area contributed by atoms with Gasteiger partial charge in [0, 0.05) is 11.8 Å². The van der Waals surface area contributed by atoms with Crippen molar-refractivity contribution in [3.8, 4) is 5.75 Å². The van der Waals surface area contributed by atoms with Crippen LogP contribution in [0.25, 0.3) is 0 Å². The van der Waals surface area contributed by atoms with Crippen LogP contribution in [0.15, 0.2) is 39.7 Å². The molecule has 4 nitrogen and oxygen atoms in total. The molecule has 19 heavy (non-hydrogen) atoms. The second-order valence-corrected chi connectivity index (χ2v) is 4.40. The molecule has 0 amide bonds. The van der Waals surface area contributed by atoms with E-state index < -0.39 is 0 Å². The molecule has 0 aliphatic carbocycles. The van der Waals surface area contributed by atoms with E-state index in [0.29, 0.717) is 12.3 Å². The molecule has 1 heterocycles. The lowest BCUT2D eigenvalue weighted by Gasteiger charge is -2.12. The molecule has 0 aliphatic heterocycles. The summed E-state index contributed by atoms with van der Waals surface area (Å²) in [6.45, 7) is 4.55. The molecule has 1 aromatic carbocycles. The van der Waals surface area contributed by atoms with Crippen LogP contribution in [0.1, 0.15) is 16.9 Å². The van der Waals surface area contributed by atoms with Crippen molar-refractivity contribution < 1.29 is 9.15 Å². The van der Waals surface area contributed by atoms with Crippen LogP contribution in [0, 0.1) is 13.8 Å². The highest BCUT2D eigenvalue weighted by atomic mass is 16.5. The average Bonchev–Trinajstić information content (AvgIpc) is 2.38. The molecule has 0 bridgehead atoms. The van der Waals surface area contributed by atoms with Gasteiger partial charge in [-0.1, -0.05) is 18.2 Å². The maximum atomic E-state index is 11.6. The Morgan fingerprint density at radius 3 is 2.53 bits per heavy atom. The zero-order valence-electron chi connectivity index (χ0n) is 11.3. The predicted molar refractivity (Wildman–Crippen MR) is 74.8 cm³/mol. The highest BCUT2D eigenvalue weighted by Gasteiger charge is 2.05. The van der Waals surface area contributed by atoms with Gasteiger partial charge in [0.1, 0.15) is 12.0 Å². The summed E-state index contributed by atoms with van der Waals surface area (Å²) in [6.07, 6.45) is 1.34. The Bertz CT molecular complexity index is 611. The number of rotatable bonds is 4. The number of hydrogen-bond donors (Lipinski definition) is 1. The fourth-order valence-electron chi connectivity index (χ4n) is 1.95. The van der Waals surface area contributed by atoms with Crippen LogP contribution in [0.2, 0.25) is 0 Å². The Balaban J connectivity index is 2.15. The predicted octanol–water partition coefficient (Wildman–Crippen LogP) is 2.88. The summed E-state index contributed by atoms with van der Waals surface area (Å²) in [4.78, 5) is 11.6. The number of hydrogen-bond acceptors (Lipinski definition) is 4. The number of ether oxygens (including phenoxy) is 1. The van der Waals surface area contributed by atoms with Crippen LogP contribution in [0.5, 0.6) is 5.75 Å². The minimum atomic E-state index is -0.174. The van der Waals surface area contributed by atoms with E-state index in [1.807, 2.05) is 32.0 Å². The lowest BCUT2D eigenvalue weighted by molar-refractivity contribution is 0.379. The van der Waals surface area contributed by atoms with E-state index in [0.717, 1.165) is 16.8 Å². The first-order valence-electron chi connectivity index (χ1n) is 6.07. The largest absolute Gasteiger partial charge is 0.490 e. The highest BCUT2D eigenvalue weighted by molar-refractivity contribution is 5.56. The van der Waals surface area contributed by atoms with Crippen molar-refractivity contribution in [3.05, 3.63) is 57.6 Å². The molecule has 100 valence electrons. The van der Waals surface area contributed by atoms with Gasteiger partial charge in [-0.25, -0.2) is 0 Å². The molecule has 0 saturated heterocycles. The summed E-state index contributed by atoms with van der Waals surface area (Å²) in [6, 6.07) is 7.54. The molecule has 1 N–H and O–H groups in total. The number of aryl methyl sites for hydroxylation is 2. The molecule has 1 aromatic heterocycles. The number of benzene rings is 1. The molecule has 0 aliphatic rings. The second kappa shape index (κ2) is 5.61. The zero-order chi connectivity index (χ0) is 13.8. The molecule has 0 saturated carbocycles. The summed E-state index contributed by atoms with van der Waals surface area (Å²) >= 11 is 0. The third kappa shape index (κ3) is 2.96. The van der Waals surface area contributed by atoms with Gasteiger partial charge in [0.25, 0.3) is 0 Å². The van der Waals surface area contributed by atoms with Gasteiger partial charge in [-0.3, -0.25) is 4.79 Å². The van der Waals surface area contributed by atoms with Crippen molar-refractivity contribution in [1.82, 2.24) is 0 Å². The Labute approximate surface area is 112 Å². The lowest BCUT2D eigenvalue weighted by atomic mass is 10.1. The molecule has 0 fully saturated rings. The fraction of sp³-hybridized carbons (Fsp3) is 0.267. The van der Waals surface area contributed by atoms with Crippen LogP contribution in [-0.2, 0) is 6.54 Å². The van der Waals surface area contributed by atoms with Crippen molar-refractivity contribution >= 4 is 5.69 Å². The van der Waals surface area contributed by atoms with Crippen LogP contribution < -0.4 is 15.5 Å². The minimum absolute atomic E-state index is 0.174. The maximum absolute atomic E-state index is 11.6. The van der Waals surface area contributed by atoms with Crippen LogP contribution in [0.4, 0.5) is 5.69 Å². The molecule has 0 unspecified atom stereocenters. The summed E-state index contributed by atoms with van der Waals surface area (Å²) in [5, 5.41) is 3.29. The fourth-order valence-corrected chi connectivity index (χ4v) is 1.95. The lowest BCUT2D eigenvalue weighted by Crippen LogP contribution is -2.08. The van der Waals surface area contributed by atoms with E-state index >= 15 is 0 Å². The number of nitrogens with one attached hydrogen (secondary N) is 1. The van der Waals surface area contributed by atoms with Gasteiger partial charge in [-0.2, -0.15) is 0 Å². The van der Waals surface area contributed by atoms with Gasteiger partial charge < -0.3 is 14.5 Å². The molecular weight excluding hydrogens is 242 g/mol. The smallest absolute Gasteiger partial charge is 0.227 e. The van der Waals surface area contributed by atoms with Crippen molar-refractivity contribution in [1.29, 1.82) is 0 Å². The quantitative estimate of drug-likeness (QED) is 0.917. The third-order valence-corrected chi connectivity index (χ3v) is 2.99. The Morgan fingerprint density at radius 2 is 1.95 bits per heavy atom. The topological polar surface area (TPSA) is 51.5 Å². The Hall–Kier alpha value is -2.23. The van der Waals surface area contributed by atoms with Gasteiger partial charge in [-0.05, 0) is 25.0 Å². The minimum Gasteiger partial charge on any atom is -0.490 e. The summed E-state index contributed by atoms with van der Waals surface area (Å²) in [7, 11) is 1.45. The van der Waals surface area contributed by atoms with Gasteiger partial charge >= 0.3 is 0 Å². The maximum Gasteiger partial charge on any atom is 0.227 e. The van der Waals surface area contributed by atoms with Gasteiger partial charge in [0.2, 0.25) is 11.2 Å². The summed E-state index contributed by atoms with van der Waals surface area (Å²) in [5.74, 6) is 0.796. The van der Waals surface area contributed by atoms with E-state index in [1.54, 1.807) is 0 Å².